The summed E-state index contributed by atoms with van der Waals surface area (Å²) in [5.41, 5.74) is 7.58. The minimum absolute atomic E-state index is 0.0342. The van der Waals surface area contributed by atoms with Crippen molar-refractivity contribution in [3.63, 3.8) is 0 Å². The molecule has 20 heavy (non-hydrogen) atoms. The van der Waals surface area contributed by atoms with E-state index in [0.29, 0.717) is 38.5 Å². The zero-order valence-corrected chi connectivity index (χ0v) is 12.3. The van der Waals surface area contributed by atoms with Crippen molar-refractivity contribution in [1.29, 1.82) is 0 Å². The van der Waals surface area contributed by atoms with E-state index >= 15 is 0 Å². The SMILES string of the molecule is CCNC(=O)C1COCCN1c1c(N)c(C)nn1CC. The molecule has 7 heteroatoms. The normalized spacial score (nSPS) is 19.1. The van der Waals surface area contributed by atoms with Crippen molar-refractivity contribution in [3.05, 3.63) is 5.69 Å². The van der Waals surface area contributed by atoms with E-state index in [1.807, 2.05) is 30.4 Å². The number of morpholine rings is 1. The van der Waals surface area contributed by atoms with Crippen LogP contribution in [0.25, 0.3) is 0 Å². The molecule has 0 spiro atoms. The highest BCUT2D eigenvalue weighted by Crippen LogP contribution is 2.29. The molecule has 1 unspecified atom stereocenters. The van der Waals surface area contributed by atoms with Crippen LogP contribution < -0.4 is 16.0 Å². The zero-order chi connectivity index (χ0) is 14.7. The Hall–Kier alpha value is -1.76. The van der Waals surface area contributed by atoms with Gasteiger partial charge in [-0.3, -0.25) is 4.79 Å². The number of amides is 1. The third kappa shape index (κ3) is 2.58. The molecule has 1 saturated heterocycles. The second-order valence-corrected chi connectivity index (χ2v) is 4.82. The summed E-state index contributed by atoms with van der Waals surface area (Å²) in [6.45, 7) is 8.71. The van der Waals surface area contributed by atoms with Crippen molar-refractivity contribution in [2.24, 2.45) is 0 Å². The Kier molecular flexibility index (Phi) is 4.49. The van der Waals surface area contributed by atoms with Crippen molar-refractivity contribution < 1.29 is 9.53 Å². The lowest BCUT2D eigenvalue weighted by atomic mass is 10.2. The number of carbonyl (C=O) groups excluding carboxylic acids is 1. The van der Waals surface area contributed by atoms with Gasteiger partial charge < -0.3 is 20.7 Å². The predicted molar refractivity (Wildman–Crippen MR) is 77.7 cm³/mol. The van der Waals surface area contributed by atoms with Gasteiger partial charge >= 0.3 is 0 Å². The van der Waals surface area contributed by atoms with Crippen molar-refractivity contribution in [2.45, 2.75) is 33.4 Å². The number of hydrogen-bond acceptors (Lipinski definition) is 5. The van der Waals surface area contributed by atoms with Crippen LogP contribution >= 0.6 is 0 Å². The van der Waals surface area contributed by atoms with E-state index in [1.165, 1.54) is 0 Å². The third-order valence-electron chi connectivity index (χ3n) is 3.50. The molecule has 0 aliphatic carbocycles. The van der Waals surface area contributed by atoms with Crippen LogP contribution in [0.4, 0.5) is 11.5 Å². The number of nitrogen functional groups attached to an aromatic ring is 1. The van der Waals surface area contributed by atoms with Crippen LogP contribution in [0.3, 0.4) is 0 Å². The van der Waals surface area contributed by atoms with Crippen LogP contribution in [0, 0.1) is 6.92 Å². The standard InChI is InChI=1S/C13H23N5O2/c1-4-15-12(19)10-8-20-7-6-17(10)13-11(14)9(3)16-18(13)5-2/h10H,4-8,14H2,1-3H3,(H,15,19). The number of carbonyl (C=O) groups is 1. The van der Waals surface area contributed by atoms with Gasteiger partial charge in [0, 0.05) is 19.6 Å². The molecule has 2 heterocycles. The number of anilines is 2. The van der Waals surface area contributed by atoms with Crippen molar-refractivity contribution in [1.82, 2.24) is 15.1 Å². The second kappa shape index (κ2) is 6.13. The Morgan fingerprint density at radius 2 is 2.30 bits per heavy atom. The molecule has 1 atom stereocenters. The number of nitrogens with one attached hydrogen (secondary N) is 1. The van der Waals surface area contributed by atoms with Crippen LogP contribution in [0.1, 0.15) is 19.5 Å². The molecule has 0 aromatic carbocycles. The number of aromatic nitrogens is 2. The fourth-order valence-electron chi connectivity index (χ4n) is 2.47. The zero-order valence-electron chi connectivity index (χ0n) is 12.3. The monoisotopic (exact) mass is 281 g/mol. The summed E-state index contributed by atoms with van der Waals surface area (Å²) < 4.78 is 7.30. The Morgan fingerprint density at radius 3 is 2.95 bits per heavy atom. The number of ether oxygens (including phenoxy) is 1. The lowest BCUT2D eigenvalue weighted by Gasteiger charge is -2.36. The van der Waals surface area contributed by atoms with E-state index in [-0.39, 0.29) is 11.9 Å². The molecule has 0 bridgehead atoms. The van der Waals surface area contributed by atoms with E-state index in [9.17, 15) is 4.79 Å². The van der Waals surface area contributed by atoms with E-state index in [1.54, 1.807) is 0 Å². The molecule has 0 saturated carbocycles. The lowest BCUT2D eigenvalue weighted by Crippen LogP contribution is -2.54. The second-order valence-electron chi connectivity index (χ2n) is 4.82. The molecule has 0 radical (unpaired) electrons. The average molecular weight is 281 g/mol. The van der Waals surface area contributed by atoms with Gasteiger partial charge in [0.2, 0.25) is 5.91 Å². The molecular weight excluding hydrogens is 258 g/mol. The highest BCUT2D eigenvalue weighted by atomic mass is 16.5. The minimum Gasteiger partial charge on any atom is -0.394 e. The van der Waals surface area contributed by atoms with Crippen molar-refractivity contribution >= 4 is 17.4 Å². The topological polar surface area (TPSA) is 85.4 Å². The molecule has 1 aromatic heterocycles. The summed E-state index contributed by atoms with van der Waals surface area (Å²) in [5.74, 6) is 0.789. The first kappa shape index (κ1) is 14.6. The largest absolute Gasteiger partial charge is 0.394 e. The van der Waals surface area contributed by atoms with Gasteiger partial charge in [0.15, 0.2) is 5.82 Å². The average Bonchev–Trinajstić information content (AvgIpc) is 2.74. The summed E-state index contributed by atoms with van der Waals surface area (Å²) in [7, 11) is 0. The first-order valence-corrected chi connectivity index (χ1v) is 7.05. The maximum absolute atomic E-state index is 12.2. The molecule has 3 N–H and O–H groups in total. The lowest BCUT2D eigenvalue weighted by molar-refractivity contribution is -0.124. The maximum atomic E-state index is 12.2. The molecule has 1 fully saturated rings. The molecule has 112 valence electrons. The van der Waals surface area contributed by atoms with Crippen LogP contribution in [0.5, 0.6) is 0 Å². The number of nitrogens with zero attached hydrogens (tertiary/aromatic N) is 3. The van der Waals surface area contributed by atoms with Gasteiger partial charge in [0.05, 0.1) is 24.6 Å². The summed E-state index contributed by atoms with van der Waals surface area (Å²) in [6.07, 6.45) is 0. The molecule has 7 nitrogen and oxygen atoms in total. The number of likely N-dealkylation sites (N-methyl/N-ethyl adjacent to an activating group) is 1. The fourth-order valence-corrected chi connectivity index (χ4v) is 2.47. The van der Waals surface area contributed by atoms with Crippen LogP contribution in [0.2, 0.25) is 0 Å². The van der Waals surface area contributed by atoms with Crippen molar-refractivity contribution in [3.8, 4) is 0 Å². The predicted octanol–water partition coefficient (Wildman–Crippen LogP) is 0.135. The molecular formula is C13H23N5O2. The fraction of sp³-hybridized carbons (Fsp3) is 0.692. The molecule has 2 rings (SSSR count). The number of hydrogen-bond donors (Lipinski definition) is 2. The molecule has 1 aliphatic heterocycles. The highest BCUT2D eigenvalue weighted by molar-refractivity contribution is 5.86. The van der Waals surface area contributed by atoms with Crippen LogP contribution in [-0.4, -0.2) is 48.0 Å². The van der Waals surface area contributed by atoms with E-state index < -0.39 is 0 Å². The Morgan fingerprint density at radius 1 is 1.55 bits per heavy atom. The van der Waals surface area contributed by atoms with Gasteiger partial charge in [-0.25, -0.2) is 4.68 Å². The maximum Gasteiger partial charge on any atom is 0.245 e. The van der Waals surface area contributed by atoms with E-state index in [2.05, 4.69) is 10.4 Å². The smallest absolute Gasteiger partial charge is 0.245 e. The van der Waals surface area contributed by atoms with Crippen molar-refractivity contribution in [2.75, 3.05) is 36.9 Å². The quantitative estimate of drug-likeness (QED) is 0.819. The van der Waals surface area contributed by atoms with Gasteiger partial charge in [0.25, 0.3) is 0 Å². The van der Waals surface area contributed by atoms with Gasteiger partial charge in [-0.05, 0) is 20.8 Å². The number of aryl methyl sites for hydroxylation is 2. The minimum atomic E-state index is -0.354. The first-order valence-electron chi connectivity index (χ1n) is 7.05. The van der Waals surface area contributed by atoms with Crippen LogP contribution in [0.15, 0.2) is 0 Å². The first-order chi connectivity index (χ1) is 9.60. The third-order valence-corrected chi connectivity index (χ3v) is 3.50. The summed E-state index contributed by atoms with van der Waals surface area (Å²) >= 11 is 0. The Balaban J connectivity index is 2.35. The van der Waals surface area contributed by atoms with Crippen LogP contribution in [-0.2, 0) is 16.1 Å². The Bertz CT molecular complexity index is 485. The number of rotatable bonds is 4. The van der Waals surface area contributed by atoms with Gasteiger partial charge in [0.1, 0.15) is 6.04 Å². The summed E-state index contributed by atoms with van der Waals surface area (Å²) in [4.78, 5) is 14.2. The van der Waals surface area contributed by atoms with Gasteiger partial charge in [-0.2, -0.15) is 5.10 Å². The molecule has 1 amide bonds. The number of nitrogens with two attached hydrogens (primary N) is 1. The molecule has 1 aliphatic rings. The van der Waals surface area contributed by atoms with Gasteiger partial charge in [-0.1, -0.05) is 0 Å². The van der Waals surface area contributed by atoms with E-state index in [0.717, 1.165) is 11.5 Å². The van der Waals surface area contributed by atoms with Gasteiger partial charge in [-0.15, -0.1) is 0 Å². The Labute approximate surface area is 119 Å². The molecule has 1 aromatic rings. The summed E-state index contributed by atoms with van der Waals surface area (Å²) in [5, 5.41) is 7.27. The summed E-state index contributed by atoms with van der Waals surface area (Å²) in [6, 6.07) is -0.354. The highest BCUT2D eigenvalue weighted by Gasteiger charge is 2.33. The van der Waals surface area contributed by atoms with E-state index in [4.69, 9.17) is 10.5 Å².